The first kappa shape index (κ1) is 19.2. The fourth-order valence-corrected chi connectivity index (χ4v) is 2.49. The summed E-state index contributed by atoms with van der Waals surface area (Å²) in [5, 5.41) is 12.2. The van der Waals surface area contributed by atoms with Crippen molar-refractivity contribution < 1.29 is 14.7 Å². The van der Waals surface area contributed by atoms with E-state index in [-0.39, 0.29) is 11.5 Å². The number of carbonyl (C=O) groups is 2. The highest BCUT2D eigenvalue weighted by molar-refractivity contribution is 6.30. The zero-order valence-corrected chi connectivity index (χ0v) is 14.3. The predicted octanol–water partition coefficient (Wildman–Crippen LogP) is 2.46. The summed E-state index contributed by atoms with van der Waals surface area (Å²) in [6.07, 6.45) is 3.10. The summed E-state index contributed by atoms with van der Waals surface area (Å²) in [6.45, 7) is 5.51. The van der Waals surface area contributed by atoms with Gasteiger partial charge in [-0.05, 0) is 18.4 Å². The van der Waals surface area contributed by atoms with Crippen LogP contribution in [0.4, 0.5) is 0 Å². The number of hydrogen-bond donors (Lipinski definition) is 2. The number of aliphatic carboxylic acids is 1. The number of hydrogen-bond acceptors (Lipinski definition) is 3. The molecular formula is C16H23ClN2O4. The number of nitrogens with one attached hydrogen (secondary N) is 1. The third kappa shape index (κ3) is 5.10. The number of amides is 1. The van der Waals surface area contributed by atoms with Gasteiger partial charge in [-0.25, -0.2) is 4.79 Å². The maximum absolute atomic E-state index is 12.6. The van der Waals surface area contributed by atoms with Gasteiger partial charge in [-0.1, -0.05) is 45.2 Å². The van der Waals surface area contributed by atoms with Crippen LogP contribution >= 0.6 is 11.6 Å². The van der Waals surface area contributed by atoms with Gasteiger partial charge in [0, 0.05) is 12.3 Å². The maximum Gasteiger partial charge on any atom is 0.326 e. The van der Waals surface area contributed by atoms with Crippen molar-refractivity contribution >= 4 is 23.5 Å². The van der Waals surface area contributed by atoms with Crippen LogP contribution in [0.25, 0.3) is 0 Å². The summed E-state index contributed by atoms with van der Waals surface area (Å²) in [6, 6.07) is 0.987. The van der Waals surface area contributed by atoms with Crippen LogP contribution in [0.2, 0.25) is 5.02 Å². The van der Waals surface area contributed by atoms with Crippen molar-refractivity contribution in [3.63, 3.8) is 0 Å². The maximum atomic E-state index is 12.6. The Morgan fingerprint density at radius 2 is 2.00 bits per heavy atom. The molecule has 0 aliphatic rings. The number of rotatable bonds is 8. The highest BCUT2D eigenvalue weighted by atomic mass is 35.5. The molecule has 6 nitrogen and oxygen atoms in total. The Morgan fingerprint density at radius 3 is 2.52 bits per heavy atom. The van der Waals surface area contributed by atoms with E-state index in [9.17, 15) is 19.5 Å². The van der Waals surface area contributed by atoms with Gasteiger partial charge in [0.1, 0.15) is 12.1 Å². The van der Waals surface area contributed by atoms with Crippen LogP contribution in [0.15, 0.2) is 23.1 Å². The summed E-state index contributed by atoms with van der Waals surface area (Å²) in [4.78, 5) is 35.9. The lowest BCUT2D eigenvalue weighted by Crippen LogP contribution is -2.48. The van der Waals surface area contributed by atoms with Gasteiger partial charge in [0.15, 0.2) is 0 Å². The molecule has 1 rings (SSSR count). The number of pyridine rings is 1. The molecule has 1 heterocycles. The molecular weight excluding hydrogens is 320 g/mol. The third-order valence-corrected chi connectivity index (χ3v) is 4.10. The molecule has 0 spiro atoms. The molecule has 1 aromatic rings. The average molecular weight is 343 g/mol. The molecule has 128 valence electrons. The van der Waals surface area contributed by atoms with Crippen LogP contribution in [0.3, 0.4) is 0 Å². The molecule has 0 aliphatic carbocycles. The smallest absolute Gasteiger partial charge is 0.326 e. The minimum Gasteiger partial charge on any atom is -0.480 e. The van der Waals surface area contributed by atoms with Gasteiger partial charge in [0.05, 0.1) is 5.02 Å². The van der Waals surface area contributed by atoms with E-state index in [4.69, 9.17) is 11.6 Å². The highest BCUT2D eigenvalue weighted by Crippen LogP contribution is 2.16. The first-order valence-electron chi connectivity index (χ1n) is 7.72. The molecule has 0 fully saturated rings. The first-order chi connectivity index (χ1) is 10.8. The lowest BCUT2D eigenvalue weighted by Gasteiger charge is -2.24. The lowest BCUT2D eigenvalue weighted by molar-refractivity contribution is -0.143. The van der Waals surface area contributed by atoms with Crippen molar-refractivity contribution in [2.24, 2.45) is 5.92 Å². The number of nitrogens with zero attached hydrogens (tertiary/aromatic N) is 1. The molecule has 3 atom stereocenters. The summed E-state index contributed by atoms with van der Waals surface area (Å²) in [5.74, 6) is -1.78. The lowest BCUT2D eigenvalue weighted by atomic mass is 9.98. The Kier molecular flexibility index (Phi) is 7.29. The van der Waals surface area contributed by atoms with Gasteiger partial charge >= 0.3 is 5.97 Å². The summed E-state index contributed by atoms with van der Waals surface area (Å²) < 4.78 is 1.26. The van der Waals surface area contributed by atoms with Gasteiger partial charge < -0.3 is 15.0 Å². The van der Waals surface area contributed by atoms with Crippen LogP contribution in [0, 0.1) is 5.92 Å². The van der Waals surface area contributed by atoms with E-state index in [0.717, 1.165) is 0 Å². The normalized spacial score (nSPS) is 14.8. The number of halogens is 1. The number of carbonyl (C=O) groups excluding carboxylic acids is 1. The topological polar surface area (TPSA) is 88.4 Å². The summed E-state index contributed by atoms with van der Waals surface area (Å²) in [5.41, 5.74) is -0.349. The fraction of sp³-hybridized carbons (Fsp3) is 0.562. The standard InChI is InChI=1S/C16H23ClN2O4/c1-4-6-12(19-9-11(17)7-8-13(19)20)15(21)18-14(16(22)23)10(3)5-2/h7-10,12,14H,4-6H2,1-3H3,(H,18,21)(H,22,23). The van der Waals surface area contributed by atoms with Crippen molar-refractivity contribution in [3.05, 3.63) is 33.7 Å². The second-order valence-corrected chi connectivity index (χ2v) is 6.04. The zero-order valence-electron chi connectivity index (χ0n) is 13.6. The molecule has 0 bridgehead atoms. The van der Waals surface area contributed by atoms with E-state index in [1.807, 2.05) is 13.8 Å². The van der Waals surface area contributed by atoms with Crippen molar-refractivity contribution in [2.45, 2.75) is 52.1 Å². The van der Waals surface area contributed by atoms with Crippen LogP contribution in [-0.2, 0) is 9.59 Å². The molecule has 1 aromatic heterocycles. The molecule has 0 saturated heterocycles. The molecule has 23 heavy (non-hydrogen) atoms. The molecule has 0 aromatic carbocycles. The Morgan fingerprint density at radius 1 is 1.35 bits per heavy atom. The fourth-order valence-electron chi connectivity index (χ4n) is 2.32. The van der Waals surface area contributed by atoms with Gasteiger partial charge in [0.2, 0.25) is 5.91 Å². The zero-order chi connectivity index (χ0) is 17.6. The first-order valence-corrected chi connectivity index (χ1v) is 8.10. The SMILES string of the molecule is CCCC(C(=O)NC(C(=O)O)C(C)CC)n1cc(Cl)ccc1=O. The van der Waals surface area contributed by atoms with Gasteiger partial charge in [-0.15, -0.1) is 0 Å². The molecule has 0 radical (unpaired) electrons. The number of carboxylic acids is 1. The van der Waals surface area contributed by atoms with E-state index < -0.39 is 24.0 Å². The summed E-state index contributed by atoms with van der Waals surface area (Å²) >= 11 is 5.91. The minimum absolute atomic E-state index is 0.213. The van der Waals surface area contributed by atoms with Crippen LogP contribution in [0.1, 0.15) is 46.1 Å². The monoisotopic (exact) mass is 342 g/mol. The van der Waals surface area contributed by atoms with Crippen molar-refractivity contribution in [1.82, 2.24) is 9.88 Å². The van der Waals surface area contributed by atoms with Crippen molar-refractivity contribution in [1.29, 1.82) is 0 Å². The Labute approximate surface area is 140 Å². The van der Waals surface area contributed by atoms with E-state index >= 15 is 0 Å². The van der Waals surface area contributed by atoms with E-state index in [1.165, 1.54) is 22.9 Å². The largest absolute Gasteiger partial charge is 0.480 e. The van der Waals surface area contributed by atoms with Crippen molar-refractivity contribution in [3.8, 4) is 0 Å². The molecule has 1 amide bonds. The van der Waals surface area contributed by atoms with E-state index in [1.54, 1.807) is 6.92 Å². The van der Waals surface area contributed by atoms with Gasteiger partial charge in [0.25, 0.3) is 5.56 Å². The summed E-state index contributed by atoms with van der Waals surface area (Å²) in [7, 11) is 0. The molecule has 7 heteroatoms. The molecule has 2 N–H and O–H groups in total. The van der Waals surface area contributed by atoms with Gasteiger partial charge in [-0.2, -0.15) is 0 Å². The Hall–Kier alpha value is -1.82. The predicted molar refractivity (Wildman–Crippen MR) is 88.7 cm³/mol. The van der Waals surface area contributed by atoms with Crippen LogP contribution in [0.5, 0.6) is 0 Å². The number of aromatic nitrogens is 1. The number of carboxylic acid groups (broad SMARTS) is 1. The Bertz CT molecular complexity index is 614. The quantitative estimate of drug-likeness (QED) is 0.759. The second kappa shape index (κ2) is 8.72. The average Bonchev–Trinajstić information content (AvgIpc) is 2.51. The van der Waals surface area contributed by atoms with Gasteiger partial charge in [-0.3, -0.25) is 9.59 Å². The Balaban J connectivity index is 3.09. The second-order valence-electron chi connectivity index (χ2n) is 5.61. The molecule has 0 saturated carbocycles. The molecule has 3 unspecified atom stereocenters. The minimum atomic E-state index is -1.08. The van der Waals surface area contributed by atoms with Crippen LogP contribution < -0.4 is 10.9 Å². The molecule has 0 aliphatic heterocycles. The van der Waals surface area contributed by atoms with Crippen LogP contribution in [-0.4, -0.2) is 27.6 Å². The van der Waals surface area contributed by atoms with E-state index in [2.05, 4.69) is 5.32 Å². The van der Waals surface area contributed by atoms with E-state index in [0.29, 0.717) is 24.3 Å². The highest BCUT2D eigenvalue weighted by Gasteiger charge is 2.29. The third-order valence-electron chi connectivity index (χ3n) is 3.88. The van der Waals surface area contributed by atoms with Crippen molar-refractivity contribution in [2.75, 3.05) is 0 Å².